The SMILES string of the molecule is COC(=O)c1ccccc1CN1CCCC(N(C)C)C1. The van der Waals surface area contributed by atoms with Gasteiger partial charge in [0.05, 0.1) is 12.7 Å². The molecule has 0 bridgehead atoms. The van der Waals surface area contributed by atoms with Crippen LogP contribution in [0.4, 0.5) is 0 Å². The molecule has 1 aliphatic rings. The highest BCUT2D eigenvalue weighted by molar-refractivity contribution is 5.90. The van der Waals surface area contributed by atoms with E-state index in [0.29, 0.717) is 11.6 Å². The van der Waals surface area contributed by atoms with Crippen LogP contribution in [-0.2, 0) is 11.3 Å². The number of hydrogen-bond donors (Lipinski definition) is 0. The van der Waals surface area contributed by atoms with E-state index in [-0.39, 0.29) is 5.97 Å². The molecule has 1 aliphatic heterocycles. The van der Waals surface area contributed by atoms with E-state index in [1.807, 2.05) is 24.3 Å². The molecule has 1 unspecified atom stereocenters. The van der Waals surface area contributed by atoms with Crippen molar-refractivity contribution >= 4 is 5.97 Å². The summed E-state index contributed by atoms with van der Waals surface area (Å²) in [5.74, 6) is -0.248. The lowest BCUT2D eigenvalue weighted by Crippen LogP contribution is -2.44. The van der Waals surface area contributed by atoms with Crippen molar-refractivity contribution in [3.05, 3.63) is 35.4 Å². The maximum atomic E-state index is 11.8. The molecule has 1 aromatic carbocycles. The first-order valence-electron chi connectivity index (χ1n) is 7.17. The number of piperidine rings is 1. The van der Waals surface area contributed by atoms with Crippen LogP contribution in [0, 0.1) is 0 Å². The quantitative estimate of drug-likeness (QED) is 0.788. The number of esters is 1. The zero-order valence-corrected chi connectivity index (χ0v) is 12.6. The van der Waals surface area contributed by atoms with Gasteiger partial charge in [-0.3, -0.25) is 4.90 Å². The van der Waals surface area contributed by atoms with Gasteiger partial charge >= 0.3 is 5.97 Å². The summed E-state index contributed by atoms with van der Waals surface area (Å²) in [6.07, 6.45) is 2.46. The molecule has 0 aromatic heterocycles. The van der Waals surface area contributed by atoms with Crippen LogP contribution in [0.3, 0.4) is 0 Å². The molecule has 4 heteroatoms. The van der Waals surface area contributed by atoms with E-state index in [4.69, 9.17) is 4.74 Å². The Bertz CT molecular complexity index is 460. The fourth-order valence-electron chi connectivity index (χ4n) is 2.80. The molecule has 0 N–H and O–H groups in total. The van der Waals surface area contributed by atoms with E-state index in [1.165, 1.54) is 20.0 Å². The first-order valence-corrected chi connectivity index (χ1v) is 7.17. The van der Waals surface area contributed by atoms with Crippen molar-refractivity contribution in [2.75, 3.05) is 34.3 Å². The molecule has 1 saturated heterocycles. The van der Waals surface area contributed by atoms with E-state index >= 15 is 0 Å². The number of likely N-dealkylation sites (N-methyl/N-ethyl adjacent to an activating group) is 1. The molecular formula is C16H24N2O2. The minimum Gasteiger partial charge on any atom is -0.465 e. The summed E-state index contributed by atoms with van der Waals surface area (Å²) >= 11 is 0. The molecule has 0 amide bonds. The number of ether oxygens (including phenoxy) is 1. The number of nitrogens with zero attached hydrogens (tertiary/aromatic N) is 2. The van der Waals surface area contributed by atoms with Gasteiger partial charge < -0.3 is 9.64 Å². The van der Waals surface area contributed by atoms with Crippen molar-refractivity contribution in [3.63, 3.8) is 0 Å². The summed E-state index contributed by atoms with van der Waals surface area (Å²) in [4.78, 5) is 16.5. The Kier molecular flexibility index (Phi) is 5.15. The van der Waals surface area contributed by atoms with Crippen LogP contribution in [0.2, 0.25) is 0 Å². The molecule has 0 aliphatic carbocycles. The molecule has 0 saturated carbocycles. The molecule has 0 spiro atoms. The molecular weight excluding hydrogens is 252 g/mol. The topological polar surface area (TPSA) is 32.8 Å². The Balaban J connectivity index is 2.08. The number of hydrogen-bond acceptors (Lipinski definition) is 4. The van der Waals surface area contributed by atoms with Crippen molar-refractivity contribution in [1.29, 1.82) is 0 Å². The summed E-state index contributed by atoms with van der Waals surface area (Å²) in [6, 6.07) is 8.33. The monoisotopic (exact) mass is 276 g/mol. The second-order valence-corrected chi connectivity index (χ2v) is 5.64. The van der Waals surface area contributed by atoms with Crippen molar-refractivity contribution in [1.82, 2.24) is 9.80 Å². The smallest absolute Gasteiger partial charge is 0.338 e. The van der Waals surface area contributed by atoms with Gasteiger partial charge in [0.2, 0.25) is 0 Å². The van der Waals surface area contributed by atoms with Gasteiger partial charge in [-0.15, -0.1) is 0 Å². The summed E-state index contributed by atoms with van der Waals surface area (Å²) in [5, 5.41) is 0. The molecule has 4 nitrogen and oxygen atoms in total. The van der Waals surface area contributed by atoms with Gasteiger partial charge in [0.25, 0.3) is 0 Å². The zero-order chi connectivity index (χ0) is 14.5. The van der Waals surface area contributed by atoms with Crippen LogP contribution in [-0.4, -0.2) is 56.1 Å². The van der Waals surface area contributed by atoms with Gasteiger partial charge in [0.15, 0.2) is 0 Å². The summed E-state index contributed by atoms with van der Waals surface area (Å²) in [6.45, 7) is 2.97. The Morgan fingerprint density at radius 3 is 2.85 bits per heavy atom. The van der Waals surface area contributed by atoms with Gasteiger partial charge in [0.1, 0.15) is 0 Å². The molecule has 1 heterocycles. The molecule has 20 heavy (non-hydrogen) atoms. The van der Waals surface area contributed by atoms with E-state index in [1.54, 1.807) is 0 Å². The summed E-state index contributed by atoms with van der Waals surface area (Å²) in [5.41, 5.74) is 1.74. The Labute approximate surface area is 121 Å². The number of benzene rings is 1. The lowest BCUT2D eigenvalue weighted by molar-refractivity contribution is 0.0597. The number of likely N-dealkylation sites (tertiary alicyclic amines) is 1. The molecule has 1 aromatic rings. The lowest BCUT2D eigenvalue weighted by Gasteiger charge is -2.36. The molecule has 1 fully saturated rings. The van der Waals surface area contributed by atoms with Crippen LogP contribution < -0.4 is 0 Å². The van der Waals surface area contributed by atoms with Crippen molar-refractivity contribution in [2.24, 2.45) is 0 Å². The second-order valence-electron chi connectivity index (χ2n) is 5.64. The number of carbonyl (C=O) groups is 1. The predicted octanol–water partition coefficient (Wildman–Crippen LogP) is 2.00. The highest BCUT2D eigenvalue weighted by atomic mass is 16.5. The third kappa shape index (κ3) is 3.58. The third-order valence-corrected chi connectivity index (χ3v) is 4.03. The zero-order valence-electron chi connectivity index (χ0n) is 12.6. The fraction of sp³-hybridized carbons (Fsp3) is 0.562. The van der Waals surface area contributed by atoms with Crippen LogP contribution in [0.5, 0.6) is 0 Å². The maximum Gasteiger partial charge on any atom is 0.338 e. The normalized spacial score (nSPS) is 20.1. The maximum absolute atomic E-state index is 11.8. The van der Waals surface area contributed by atoms with E-state index in [2.05, 4.69) is 23.9 Å². The summed E-state index contributed by atoms with van der Waals surface area (Å²) in [7, 11) is 5.70. The van der Waals surface area contributed by atoms with Crippen molar-refractivity contribution < 1.29 is 9.53 Å². The molecule has 2 rings (SSSR count). The molecule has 110 valence electrons. The Morgan fingerprint density at radius 1 is 1.40 bits per heavy atom. The van der Waals surface area contributed by atoms with E-state index < -0.39 is 0 Å². The second kappa shape index (κ2) is 6.86. The molecule has 1 atom stereocenters. The van der Waals surface area contributed by atoms with Crippen LogP contribution in [0.15, 0.2) is 24.3 Å². The van der Waals surface area contributed by atoms with E-state index in [9.17, 15) is 4.79 Å². The number of methoxy groups -OCH3 is 1. The third-order valence-electron chi connectivity index (χ3n) is 4.03. The fourth-order valence-corrected chi connectivity index (χ4v) is 2.80. The van der Waals surface area contributed by atoms with Gasteiger partial charge in [-0.25, -0.2) is 4.79 Å². The van der Waals surface area contributed by atoms with Crippen LogP contribution >= 0.6 is 0 Å². The van der Waals surface area contributed by atoms with Crippen molar-refractivity contribution in [3.8, 4) is 0 Å². The first kappa shape index (κ1) is 15.0. The lowest BCUT2D eigenvalue weighted by atomic mass is 10.0. The Hall–Kier alpha value is -1.39. The summed E-state index contributed by atoms with van der Waals surface area (Å²) < 4.78 is 4.86. The standard InChI is InChI=1S/C16H24N2O2/c1-17(2)14-8-6-10-18(12-14)11-13-7-4-5-9-15(13)16(19)20-3/h4-5,7,9,14H,6,8,10-12H2,1-3H3. The van der Waals surface area contributed by atoms with Gasteiger partial charge in [-0.1, -0.05) is 18.2 Å². The average Bonchev–Trinajstić information content (AvgIpc) is 2.47. The largest absolute Gasteiger partial charge is 0.465 e. The van der Waals surface area contributed by atoms with Gasteiger partial charge in [0, 0.05) is 19.1 Å². The Morgan fingerprint density at radius 2 is 2.15 bits per heavy atom. The predicted molar refractivity (Wildman–Crippen MR) is 79.8 cm³/mol. The van der Waals surface area contributed by atoms with Crippen molar-refractivity contribution in [2.45, 2.75) is 25.4 Å². The highest BCUT2D eigenvalue weighted by Crippen LogP contribution is 2.18. The number of carbonyl (C=O) groups excluding carboxylic acids is 1. The van der Waals surface area contributed by atoms with Crippen LogP contribution in [0.25, 0.3) is 0 Å². The highest BCUT2D eigenvalue weighted by Gasteiger charge is 2.22. The minimum absolute atomic E-state index is 0.248. The first-order chi connectivity index (χ1) is 9.61. The number of rotatable bonds is 4. The van der Waals surface area contributed by atoms with Crippen LogP contribution in [0.1, 0.15) is 28.8 Å². The van der Waals surface area contributed by atoms with Gasteiger partial charge in [-0.05, 0) is 45.1 Å². The average molecular weight is 276 g/mol. The van der Waals surface area contributed by atoms with Gasteiger partial charge in [-0.2, -0.15) is 0 Å². The minimum atomic E-state index is -0.248. The van der Waals surface area contributed by atoms with E-state index in [0.717, 1.165) is 25.2 Å². The molecule has 0 radical (unpaired) electrons.